The highest BCUT2D eigenvalue weighted by atomic mass is 32.1. The number of hydrogen-bond donors (Lipinski definition) is 2. The van der Waals surface area contributed by atoms with Gasteiger partial charge in [0.15, 0.2) is 5.11 Å². The Balaban J connectivity index is 1.95. The normalized spacial score (nSPS) is 9.81. The molecule has 2 N–H and O–H groups in total. The standard InChI is InChI=1S/C16H18N2O2S/c1-19-14-9-8-12(15(10-14)20-2)11-17-16(21)18-13-6-4-3-5-7-13/h3-10H,11H2,1-2H3,(H2,17,18,21). The third kappa shape index (κ3) is 4.36. The van der Waals surface area contributed by atoms with E-state index in [1.165, 1.54) is 0 Å². The zero-order valence-electron chi connectivity index (χ0n) is 12.1. The minimum atomic E-state index is 0.569. The number of para-hydroxylation sites is 1. The van der Waals surface area contributed by atoms with Crippen LogP contribution in [0.15, 0.2) is 48.5 Å². The van der Waals surface area contributed by atoms with Crippen molar-refractivity contribution in [1.29, 1.82) is 0 Å². The van der Waals surface area contributed by atoms with Crippen LogP contribution in [0.4, 0.5) is 5.69 Å². The summed E-state index contributed by atoms with van der Waals surface area (Å²) in [6, 6.07) is 15.5. The first-order valence-corrected chi connectivity index (χ1v) is 6.94. The van der Waals surface area contributed by atoms with Crippen molar-refractivity contribution in [3.63, 3.8) is 0 Å². The zero-order valence-corrected chi connectivity index (χ0v) is 12.9. The predicted octanol–water partition coefficient (Wildman–Crippen LogP) is 3.19. The van der Waals surface area contributed by atoms with Crippen LogP contribution in [0.5, 0.6) is 11.5 Å². The summed E-state index contributed by atoms with van der Waals surface area (Å²) < 4.78 is 10.5. The van der Waals surface area contributed by atoms with Gasteiger partial charge >= 0.3 is 0 Å². The first-order chi connectivity index (χ1) is 10.2. The number of hydrogen-bond acceptors (Lipinski definition) is 3. The van der Waals surface area contributed by atoms with Crippen LogP contribution in [0, 0.1) is 0 Å². The van der Waals surface area contributed by atoms with Crippen molar-refractivity contribution >= 4 is 23.0 Å². The summed E-state index contributed by atoms with van der Waals surface area (Å²) >= 11 is 5.28. The van der Waals surface area contributed by atoms with Crippen molar-refractivity contribution in [1.82, 2.24) is 5.32 Å². The third-order valence-electron chi connectivity index (χ3n) is 2.97. The van der Waals surface area contributed by atoms with Gasteiger partial charge in [0, 0.05) is 23.9 Å². The van der Waals surface area contributed by atoms with Crippen molar-refractivity contribution in [2.75, 3.05) is 19.5 Å². The number of rotatable bonds is 5. The molecule has 0 spiro atoms. The van der Waals surface area contributed by atoms with Crippen LogP contribution in [0.1, 0.15) is 5.56 Å². The molecule has 0 aliphatic carbocycles. The molecule has 0 aliphatic heterocycles. The zero-order chi connectivity index (χ0) is 15.1. The molecular formula is C16H18N2O2S. The number of thiocarbonyl (C=S) groups is 1. The maximum absolute atomic E-state index is 5.35. The van der Waals surface area contributed by atoms with E-state index < -0.39 is 0 Å². The second-order valence-electron chi connectivity index (χ2n) is 4.35. The molecule has 0 aliphatic rings. The lowest BCUT2D eigenvalue weighted by Crippen LogP contribution is -2.28. The van der Waals surface area contributed by atoms with Crippen LogP contribution >= 0.6 is 12.2 Å². The summed E-state index contributed by atoms with van der Waals surface area (Å²) in [6.07, 6.45) is 0. The lowest BCUT2D eigenvalue weighted by molar-refractivity contribution is 0.390. The summed E-state index contributed by atoms with van der Waals surface area (Å²) in [5.74, 6) is 1.53. The molecule has 0 fully saturated rings. The molecule has 5 heteroatoms. The molecule has 2 aromatic carbocycles. The van der Waals surface area contributed by atoms with Gasteiger partial charge < -0.3 is 20.1 Å². The van der Waals surface area contributed by atoms with Gasteiger partial charge in [0.25, 0.3) is 0 Å². The number of methoxy groups -OCH3 is 2. The molecule has 0 atom stereocenters. The highest BCUT2D eigenvalue weighted by Gasteiger charge is 2.05. The van der Waals surface area contributed by atoms with Gasteiger partial charge in [-0.1, -0.05) is 18.2 Å². The fourth-order valence-corrected chi connectivity index (χ4v) is 2.06. The van der Waals surface area contributed by atoms with E-state index in [1.54, 1.807) is 14.2 Å². The number of nitrogens with one attached hydrogen (secondary N) is 2. The Morgan fingerprint density at radius 2 is 1.81 bits per heavy atom. The minimum Gasteiger partial charge on any atom is -0.497 e. The molecule has 21 heavy (non-hydrogen) atoms. The van der Waals surface area contributed by atoms with Gasteiger partial charge in [-0.2, -0.15) is 0 Å². The van der Waals surface area contributed by atoms with Gasteiger partial charge in [-0.05, 0) is 36.5 Å². The molecular weight excluding hydrogens is 284 g/mol. The van der Waals surface area contributed by atoms with Crippen LogP contribution in [0.25, 0.3) is 0 Å². The number of anilines is 1. The topological polar surface area (TPSA) is 42.5 Å². The van der Waals surface area contributed by atoms with Gasteiger partial charge in [-0.3, -0.25) is 0 Å². The van der Waals surface area contributed by atoms with Crippen LogP contribution in [0.2, 0.25) is 0 Å². The SMILES string of the molecule is COc1ccc(CNC(=S)Nc2ccccc2)c(OC)c1. The Kier molecular flexibility index (Phi) is 5.40. The fraction of sp³-hybridized carbons (Fsp3) is 0.188. The van der Waals surface area contributed by atoms with E-state index >= 15 is 0 Å². The highest BCUT2D eigenvalue weighted by molar-refractivity contribution is 7.80. The Hall–Kier alpha value is -2.27. The quantitative estimate of drug-likeness (QED) is 0.830. The van der Waals surface area contributed by atoms with Crippen molar-refractivity contribution < 1.29 is 9.47 Å². The maximum Gasteiger partial charge on any atom is 0.171 e. The van der Waals surface area contributed by atoms with E-state index in [9.17, 15) is 0 Å². The van der Waals surface area contributed by atoms with E-state index in [1.807, 2.05) is 48.5 Å². The predicted molar refractivity (Wildman–Crippen MR) is 89.0 cm³/mol. The van der Waals surface area contributed by atoms with Crippen LogP contribution in [-0.2, 0) is 6.54 Å². The van der Waals surface area contributed by atoms with Crippen LogP contribution in [-0.4, -0.2) is 19.3 Å². The monoisotopic (exact) mass is 302 g/mol. The van der Waals surface area contributed by atoms with E-state index in [0.29, 0.717) is 11.7 Å². The molecule has 0 aromatic heterocycles. The average Bonchev–Trinajstić information content (AvgIpc) is 2.53. The minimum absolute atomic E-state index is 0.569. The first-order valence-electron chi connectivity index (χ1n) is 6.53. The molecule has 2 aromatic rings. The Labute approximate surface area is 130 Å². The summed E-state index contributed by atoms with van der Waals surface area (Å²) in [7, 11) is 3.27. The maximum atomic E-state index is 5.35. The van der Waals surface area contributed by atoms with Crippen LogP contribution in [0.3, 0.4) is 0 Å². The van der Waals surface area contributed by atoms with E-state index in [-0.39, 0.29) is 0 Å². The van der Waals surface area contributed by atoms with Crippen molar-refractivity contribution in [3.05, 3.63) is 54.1 Å². The van der Waals surface area contributed by atoms with E-state index in [4.69, 9.17) is 21.7 Å². The Morgan fingerprint density at radius 1 is 1.05 bits per heavy atom. The first kappa shape index (κ1) is 15.1. The lowest BCUT2D eigenvalue weighted by Gasteiger charge is -2.13. The van der Waals surface area contributed by atoms with Crippen molar-refractivity contribution in [2.45, 2.75) is 6.54 Å². The summed E-state index contributed by atoms with van der Waals surface area (Å²) in [5.41, 5.74) is 1.97. The smallest absolute Gasteiger partial charge is 0.171 e. The van der Waals surface area contributed by atoms with Gasteiger partial charge in [0.1, 0.15) is 11.5 Å². The molecule has 110 valence electrons. The molecule has 0 amide bonds. The van der Waals surface area contributed by atoms with Crippen LogP contribution < -0.4 is 20.1 Å². The number of ether oxygens (including phenoxy) is 2. The summed E-state index contributed by atoms with van der Waals surface area (Å²) in [4.78, 5) is 0. The average molecular weight is 302 g/mol. The van der Waals surface area contributed by atoms with Gasteiger partial charge in [-0.15, -0.1) is 0 Å². The highest BCUT2D eigenvalue weighted by Crippen LogP contribution is 2.24. The molecule has 0 unspecified atom stereocenters. The Bertz CT molecular complexity index is 602. The summed E-state index contributed by atoms with van der Waals surface area (Å²) in [5, 5.41) is 6.85. The van der Waals surface area contributed by atoms with Crippen molar-refractivity contribution in [3.8, 4) is 11.5 Å². The second-order valence-corrected chi connectivity index (χ2v) is 4.76. The third-order valence-corrected chi connectivity index (χ3v) is 3.21. The van der Waals surface area contributed by atoms with E-state index in [0.717, 1.165) is 22.7 Å². The molecule has 0 saturated heterocycles. The molecule has 4 nitrogen and oxygen atoms in total. The van der Waals surface area contributed by atoms with Gasteiger partial charge in [0.05, 0.1) is 14.2 Å². The fourth-order valence-electron chi connectivity index (χ4n) is 1.87. The van der Waals surface area contributed by atoms with E-state index in [2.05, 4.69) is 10.6 Å². The lowest BCUT2D eigenvalue weighted by atomic mass is 10.2. The second kappa shape index (κ2) is 7.50. The molecule has 2 rings (SSSR count). The summed E-state index contributed by atoms with van der Waals surface area (Å²) in [6.45, 7) is 0.575. The molecule has 0 bridgehead atoms. The van der Waals surface area contributed by atoms with Crippen molar-refractivity contribution in [2.24, 2.45) is 0 Å². The molecule has 0 saturated carbocycles. The molecule has 0 heterocycles. The molecule has 0 radical (unpaired) electrons. The largest absolute Gasteiger partial charge is 0.497 e. The van der Waals surface area contributed by atoms with Gasteiger partial charge in [-0.25, -0.2) is 0 Å². The number of benzene rings is 2. The Morgan fingerprint density at radius 3 is 2.48 bits per heavy atom. The van der Waals surface area contributed by atoms with Gasteiger partial charge in [0.2, 0.25) is 0 Å².